The van der Waals surface area contributed by atoms with E-state index in [1.54, 1.807) is 13.2 Å². The van der Waals surface area contributed by atoms with Crippen LogP contribution in [-0.4, -0.2) is 47.8 Å². The van der Waals surface area contributed by atoms with E-state index in [9.17, 15) is 14.4 Å². The second-order valence-corrected chi connectivity index (χ2v) is 5.51. The number of rotatable bonds is 6. The second kappa shape index (κ2) is 7.12. The zero-order valence-corrected chi connectivity index (χ0v) is 13.7. The Kier molecular flexibility index (Phi) is 4.74. The van der Waals surface area contributed by atoms with Crippen LogP contribution in [0, 0.1) is 0 Å². The van der Waals surface area contributed by atoms with Crippen LogP contribution < -0.4 is 10.1 Å². The predicted molar refractivity (Wildman–Crippen MR) is 89.3 cm³/mol. The molecule has 0 fully saturated rings. The van der Waals surface area contributed by atoms with Gasteiger partial charge in [-0.3, -0.25) is 24.3 Å². The molecule has 7 nitrogen and oxygen atoms in total. The zero-order chi connectivity index (χ0) is 17.8. The number of pyridine rings is 1. The molecule has 0 unspecified atom stereocenters. The fraction of sp³-hybridized carbons (Fsp3) is 0.222. The van der Waals surface area contributed by atoms with Crippen LogP contribution in [-0.2, 0) is 11.2 Å². The Balaban J connectivity index is 1.55. The van der Waals surface area contributed by atoms with Crippen LogP contribution in [0.3, 0.4) is 0 Å². The minimum Gasteiger partial charge on any atom is -0.496 e. The molecule has 1 aromatic carbocycles. The molecule has 3 rings (SSSR count). The molecule has 1 aliphatic rings. The molecule has 1 N–H and O–H groups in total. The highest BCUT2D eigenvalue weighted by Crippen LogP contribution is 2.20. The molecule has 3 amide bonds. The van der Waals surface area contributed by atoms with Crippen LogP contribution in [0.2, 0.25) is 0 Å². The molecule has 2 heterocycles. The normalized spacial score (nSPS) is 12.9. The number of aromatic nitrogens is 1. The lowest BCUT2D eigenvalue weighted by atomic mass is 10.1. The third-order valence-electron chi connectivity index (χ3n) is 3.94. The molecule has 7 heteroatoms. The summed E-state index contributed by atoms with van der Waals surface area (Å²) >= 11 is 0. The van der Waals surface area contributed by atoms with Crippen molar-refractivity contribution in [2.24, 2.45) is 0 Å². The summed E-state index contributed by atoms with van der Waals surface area (Å²) in [5.41, 5.74) is 1.29. The molecule has 0 atom stereocenters. The van der Waals surface area contributed by atoms with Gasteiger partial charge in [0.15, 0.2) is 0 Å². The molecule has 2 aromatic rings. The maximum absolute atomic E-state index is 12.2. The Labute approximate surface area is 144 Å². The summed E-state index contributed by atoms with van der Waals surface area (Å²) in [6.07, 6.45) is 2.03. The highest BCUT2D eigenvalue weighted by molar-refractivity contribution is 6.21. The largest absolute Gasteiger partial charge is 0.496 e. The summed E-state index contributed by atoms with van der Waals surface area (Å²) < 4.78 is 5.26. The van der Waals surface area contributed by atoms with E-state index < -0.39 is 17.7 Å². The van der Waals surface area contributed by atoms with Crippen LogP contribution >= 0.6 is 0 Å². The fourth-order valence-electron chi connectivity index (χ4n) is 2.70. The van der Waals surface area contributed by atoms with Gasteiger partial charge in [0.2, 0.25) is 5.91 Å². The number of amides is 3. The van der Waals surface area contributed by atoms with Crippen molar-refractivity contribution in [3.05, 3.63) is 59.4 Å². The standard InChI is InChI=1S/C18H17N3O4/c1-25-14-7-3-2-5-12(14)8-10-19-15(22)11-21-17(23)13-6-4-9-20-16(13)18(21)24/h2-7,9H,8,10-11H2,1H3,(H,19,22). The van der Waals surface area contributed by atoms with Gasteiger partial charge >= 0.3 is 0 Å². The Bertz CT molecular complexity index is 800. The van der Waals surface area contributed by atoms with Gasteiger partial charge < -0.3 is 10.1 Å². The third-order valence-corrected chi connectivity index (χ3v) is 3.94. The highest BCUT2D eigenvalue weighted by Gasteiger charge is 2.37. The van der Waals surface area contributed by atoms with E-state index >= 15 is 0 Å². The lowest BCUT2D eigenvalue weighted by Crippen LogP contribution is -2.41. The molecule has 1 aliphatic heterocycles. The number of imide groups is 1. The summed E-state index contributed by atoms with van der Waals surface area (Å²) in [4.78, 5) is 41.3. The van der Waals surface area contributed by atoms with E-state index in [0.29, 0.717) is 13.0 Å². The molecule has 0 spiro atoms. The van der Waals surface area contributed by atoms with Gasteiger partial charge in [-0.1, -0.05) is 18.2 Å². The molecule has 0 bridgehead atoms. The first-order valence-electron chi connectivity index (χ1n) is 7.81. The van der Waals surface area contributed by atoms with Crippen LogP contribution in [0.15, 0.2) is 42.6 Å². The molecule has 0 saturated heterocycles. The average Bonchev–Trinajstić information content (AvgIpc) is 2.87. The van der Waals surface area contributed by atoms with Gasteiger partial charge in [0.25, 0.3) is 11.8 Å². The molecule has 0 radical (unpaired) electrons. The van der Waals surface area contributed by atoms with Crippen LogP contribution in [0.25, 0.3) is 0 Å². The van der Waals surface area contributed by atoms with Crippen molar-refractivity contribution >= 4 is 17.7 Å². The smallest absolute Gasteiger partial charge is 0.280 e. The molecule has 1 aromatic heterocycles. The Morgan fingerprint density at radius 3 is 2.72 bits per heavy atom. The van der Waals surface area contributed by atoms with E-state index in [4.69, 9.17) is 4.74 Å². The fourth-order valence-corrected chi connectivity index (χ4v) is 2.70. The maximum atomic E-state index is 12.2. The molecule has 0 aliphatic carbocycles. The second-order valence-electron chi connectivity index (χ2n) is 5.51. The van der Waals surface area contributed by atoms with Crippen molar-refractivity contribution in [3.63, 3.8) is 0 Å². The predicted octanol–water partition coefficient (Wildman–Crippen LogP) is 1.05. The van der Waals surface area contributed by atoms with E-state index in [1.165, 1.54) is 12.3 Å². The zero-order valence-electron chi connectivity index (χ0n) is 13.7. The number of ether oxygens (including phenoxy) is 1. The monoisotopic (exact) mass is 339 g/mol. The van der Waals surface area contributed by atoms with E-state index in [2.05, 4.69) is 10.3 Å². The van der Waals surface area contributed by atoms with Gasteiger partial charge in [-0.2, -0.15) is 0 Å². The maximum Gasteiger partial charge on any atom is 0.280 e. The van der Waals surface area contributed by atoms with Gasteiger partial charge in [0.05, 0.1) is 12.7 Å². The number of carbonyl (C=O) groups excluding carboxylic acids is 3. The SMILES string of the molecule is COc1ccccc1CCNC(=O)CN1C(=O)c2cccnc2C1=O. The summed E-state index contributed by atoms with van der Waals surface area (Å²) in [7, 11) is 1.59. The number of methoxy groups -OCH3 is 1. The van der Waals surface area contributed by atoms with E-state index in [0.717, 1.165) is 16.2 Å². The Morgan fingerprint density at radius 2 is 1.96 bits per heavy atom. The number of hydrogen-bond acceptors (Lipinski definition) is 5. The molecule has 0 saturated carbocycles. The van der Waals surface area contributed by atoms with Crippen LogP contribution in [0.4, 0.5) is 0 Å². The number of benzene rings is 1. The van der Waals surface area contributed by atoms with E-state index in [-0.39, 0.29) is 17.8 Å². The van der Waals surface area contributed by atoms with Crippen molar-refractivity contribution in [1.29, 1.82) is 0 Å². The minimum absolute atomic E-state index is 0.0920. The average molecular weight is 339 g/mol. The third kappa shape index (κ3) is 3.35. The van der Waals surface area contributed by atoms with E-state index in [1.807, 2.05) is 24.3 Å². The highest BCUT2D eigenvalue weighted by atomic mass is 16.5. The summed E-state index contributed by atoms with van der Waals surface area (Å²) in [5, 5.41) is 2.72. The van der Waals surface area contributed by atoms with Crippen molar-refractivity contribution in [2.75, 3.05) is 20.2 Å². The topological polar surface area (TPSA) is 88.6 Å². The number of hydrogen-bond donors (Lipinski definition) is 1. The number of para-hydroxylation sites is 1. The van der Waals surface area contributed by atoms with Crippen molar-refractivity contribution in [3.8, 4) is 5.75 Å². The molecular weight excluding hydrogens is 322 g/mol. The molecule has 128 valence electrons. The Hall–Kier alpha value is -3.22. The number of carbonyl (C=O) groups is 3. The Morgan fingerprint density at radius 1 is 1.16 bits per heavy atom. The van der Waals surface area contributed by atoms with Crippen molar-refractivity contribution in [2.45, 2.75) is 6.42 Å². The lowest BCUT2D eigenvalue weighted by Gasteiger charge is -2.13. The number of fused-ring (bicyclic) bond motifs is 1. The van der Waals surface area contributed by atoms with Crippen molar-refractivity contribution < 1.29 is 19.1 Å². The van der Waals surface area contributed by atoms with Gasteiger partial charge in [-0.15, -0.1) is 0 Å². The van der Waals surface area contributed by atoms with Crippen LogP contribution in [0.5, 0.6) is 5.75 Å². The molecule has 25 heavy (non-hydrogen) atoms. The quantitative estimate of drug-likeness (QED) is 0.795. The number of nitrogens with one attached hydrogen (secondary N) is 1. The first-order chi connectivity index (χ1) is 12.1. The summed E-state index contributed by atoms with van der Waals surface area (Å²) in [6, 6.07) is 10.6. The number of nitrogens with zero attached hydrogens (tertiary/aromatic N) is 2. The summed E-state index contributed by atoms with van der Waals surface area (Å²) in [5.74, 6) is -0.680. The van der Waals surface area contributed by atoms with Gasteiger partial charge in [-0.25, -0.2) is 0 Å². The van der Waals surface area contributed by atoms with Gasteiger partial charge in [-0.05, 0) is 30.2 Å². The van der Waals surface area contributed by atoms with Gasteiger partial charge in [0.1, 0.15) is 18.0 Å². The van der Waals surface area contributed by atoms with Gasteiger partial charge in [0, 0.05) is 12.7 Å². The summed E-state index contributed by atoms with van der Waals surface area (Å²) in [6.45, 7) is 0.0561. The first kappa shape index (κ1) is 16.6. The molecular formula is C18H17N3O4. The van der Waals surface area contributed by atoms with Crippen LogP contribution in [0.1, 0.15) is 26.4 Å². The lowest BCUT2D eigenvalue weighted by molar-refractivity contribution is -0.121. The van der Waals surface area contributed by atoms with Crippen molar-refractivity contribution in [1.82, 2.24) is 15.2 Å². The first-order valence-corrected chi connectivity index (χ1v) is 7.81. The minimum atomic E-state index is -0.541.